The van der Waals surface area contributed by atoms with E-state index in [-0.39, 0.29) is 37.6 Å². The van der Waals surface area contributed by atoms with Gasteiger partial charge in [-0.2, -0.15) is 14.7 Å². The van der Waals surface area contributed by atoms with Crippen LogP contribution in [-0.2, 0) is 48.1 Å². The van der Waals surface area contributed by atoms with Gasteiger partial charge >= 0.3 is 7.94 Å². The zero-order valence-corrected chi connectivity index (χ0v) is 47.8. The molecule has 0 fully saturated rings. The molecule has 0 aromatic heterocycles. The summed E-state index contributed by atoms with van der Waals surface area (Å²) in [6.45, 7) is 40.4. The Kier molecular flexibility index (Phi) is 15.4. The lowest BCUT2D eigenvalue weighted by molar-refractivity contribution is 0.347. The number of sulfone groups is 1. The Morgan fingerprint density at radius 3 is 1.17 bits per heavy atom. The summed E-state index contributed by atoms with van der Waals surface area (Å²) < 4.78 is 31.3. The quantitative estimate of drug-likeness (QED) is 0.0746. The van der Waals surface area contributed by atoms with Crippen molar-refractivity contribution in [1.29, 1.82) is 0 Å². The predicted molar refractivity (Wildman–Crippen MR) is 303 cm³/mol. The van der Waals surface area contributed by atoms with Crippen LogP contribution in [0, 0.1) is 0 Å². The van der Waals surface area contributed by atoms with E-state index in [2.05, 4.69) is 173 Å². The second-order valence-corrected chi connectivity index (χ2v) is 27.9. The van der Waals surface area contributed by atoms with Crippen molar-refractivity contribution in [3.63, 3.8) is 0 Å². The Bertz CT molecular complexity index is 3020. The largest absolute Gasteiger partial charge is 0.441 e. The fraction of sp³-hybridized carbons (Fsp3) is 0.492. The fourth-order valence-corrected chi connectivity index (χ4v) is 12.3. The summed E-state index contributed by atoms with van der Waals surface area (Å²) in [5.74, 6) is -0.267. The third kappa shape index (κ3) is 10.5. The van der Waals surface area contributed by atoms with Gasteiger partial charge in [-0.1, -0.05) is 179 Å². The highest BCUT2D eigenvalue weighted by molar-refractivity contribution is 7.90. The maximum absolute atomic E-state index is 15.7. The van der Waals surface area contributed by atoms with Gasteiger partial charge in [-0.05, 0) is 179 Å². The highest BCUT2D eigenvalue weighted by Gasteiger charge is 2.43. The lowest BCUT2D eigenvalue weighted by atomic mass is 9.70. The first-order valence-electron chi connectivity index (χ1n) is 26.1. The summed E-state index contributed by atoms with van der Waals surface area (Å²) in [5, 5.41) is 4.15. The molecule has 0 aliphatic heterocycles. The summed E-state index contributed by atoms with van der Waals surface area (Å²) in [6.07, 6.45) is 5.15. The van der Waals surface area contributed by atoms with E-state index in [0.29, 0.717) is 27.8 Å². The molecular formula is C63H86O5PS+. The molecule has 0 radical (unpaired) electrons. The fourth-order valence-electron chi connectivity index (χ4n) is 9.92. The van der Waals surface area contributed by atoms with Gasteiger partial charge in [-0.25, -0.2) is 8.42 Å². The van der Waals surface area contributed by atoms with Crippen LogP contribution >= 0.6 is 7.94 Å². The average Bonchev–Trinajstić information content (AvgIpc) is 3.31. The topological polar surface area (TPSA) is 94.8 Å². The van der Waals surface area contributed by atoms with Gasteiger partial charge in [0.1, 0.15) is 0 Å². The Hall–Kier alpha value is -3.90. The van der Waals surface area contributed by atoms with Crippen LogP contribution in [0.15, 0.2) is 95.9 Å². The van der Waals surface area contributed by atoms with Crippen molar-refractivity contribution in [3.05, 3.63) is 130 Å². The lowest BCUT2D eigenvalue weighted by Gasteiger charge is -2.34. The van der Waals surface area contributed by atoms with E-state index < -0.39 is 28.6 Å². The molecule has 5 nitrogen and oxygen atoms in total. The van der Waals surface area contributed by atoms with Crippen LogP contribution in [0.5, 0.6) is 0 Å². The molecule has 0 atom stereocenters. The van der Waals surface area contributed by atoms with Crippen molar-refractivity contribution in [2.75, 3.05) is 0 Å². The van der Waals surface area contributed by atoms with Crippen molar-refractivity contribution in [2.45, 2.75) is 206 Å². The first-order valence-corrected chi connectivity index (χ1v) is 29.4. The molecule has 0 saturated carbocycles. The van der Waals surface area contributed by atoms with Gasteiger partial charge in [-0.3, -0.25) is 0 Å². The summed E-state index contributed by atoms with van der Waals surface area (Å²) >= 11 is 0. The minimum absolute atomic E-state index is 0.0665. The Balaban J connectivity index is 2.01. The highest BCUT2D eigenvalue weighted by atomic mass is 32.2. The van der Waals surface area contributed by atoms with E-state index in [9.17, 15) is 14.7 Å². The number of hydrogen-bond acceptors (Lipinski definition) is 5. The van der Waals surface area contributed by atoms with Crippen molar-refractivity contribution in [1.82, 2.24) is 0 Å². The zero-order valence-electron chi connectivity index (χ0n) is 46.1. The normalized spacial score (nSPS) is 13.7. The molecule has 70 heavy (non-hydrogen) atoms. The van der Waals surface area contributed by atoms with Crippen LogP contribution < -0.4 is 5.30 Å². The minimum atomic E-state index is -4.86. The van der Waals surface area contributed by atoms with Crippen LogP contribution in [0.25, 0.3) is 43.8 Å². The number of benzene rings is 6. The number of fused-ring (bicyclic) bond motifs is 2. The smallest absolute Gasteiger partial charge is 0.223 e. The van der Waals surface area contributed by atoms with Gasteiger partial charge in [0.2, 0.25) is 0 Å². The van der Waals surface area contributed by atoms with Gasteiger partial charge in [0.15, 0.2) is 15.1 Å². The summed E-state index contributed by atoms with van der Waals surface area (Å²) in [6, 6.07) is 30.6. The summed E-state index contributed by atoms with van der Waals surface area (Å²) in [5.41, 5.74) is 7.89. The molecule has 0 spiro atoms. The van der Waals surface area contributed by atoms with Crippen LogP contribution in [0.1, 0.15) is 202 Å². The molecule has 0 saturated heterocycles. The maximum atomic E-state index is 15.7. The SMILES string of the molecule is CCC(C)(C)c1cc(C(C)(C)CC)c2cc(-c3c([P+](O)(O)O)ccc(S(=O)(=O)Cc4ccccc4)c3-c3cc4c(C(C)(C)CC)cc(C(C)(C)CC)cc4cc3C(C)(C)CC)c(C(C)(C)CC)cc2c1. The maximum Gasteiger partial charge on any atom is 0.441 e. The Labute approximate surface area is 424 Å². The van der Waals surface area contributed by atoms with Crippen molar-refractivity contribution < 1.29 is 23.1 Å². The summed E-state index contributed by atoms with van der Waals surface area (Å²) in [4.78, 5) is 35.8. The second-order valence-electron chi connectivity index (χ2n) is 24.4. The highest BCUT2D eigenvalue weighted by Crippen LogP contribution is 2.55. The van der Waals surface area contributed by atoms with Crippen molar-refractivity contribution in [2.24, 2.45) is 0 Å². The molecule has 0 amide bonds. The van der Waals surface area contributed by atoms with Gasteiger partial charge in [0.25, 0.3) is 0 Å². The van der Waals surface area contributed by atoms with Gasteiger partial charge in [0.05, 0.1) is 10.6 Å². The van der Waals surface area contributed by atoms with Gasteiger partial charge < -0.3 is 0 Å². The molecular weight excluding hydrogens is 900 g/mol. The van der Waals surface area contributed by atoms with Gasteiger partial charge in [0, 0.05) is 11.1 Å². The molecule has 6 aromatic rings. The summed E-state index contributed by atoms with van der Waals surface area (Å²) in [7, 11) is -9.03. The van der Waals surface area contributed by atoms with E-state index >= 15 is 8.42 Å². The first-order chi connectivity index (χ1) is 32.3. The van der Waals surface area contributed by atoms with Crippen LogP contribution in [0.4, 0.5) is 0 Å². The average molecular weight is 986 g/mol. The van der Waals surface area contributed by atoms with Gasteiger partial charge in [-0.15, -0.1) is 0 Å². The van der Waals surface area contributed by atoms with Crippen LogP contribution in [0.3, 0.4) is 0 Å². The predicted octanol–water partition coefficient (Wildman–Crippen LogP) is 16.8. The number of hydrogen-bond donors (Lipinski definition) is 3. The van der Waals surface area contributed by atoms with E-state index in [1.165, 1.54) is 34.4 Å². The molecule has 0 aliphatic rings. The third-order valence-corrected chi connectivity index (χ3v) is 20.2. The molecule has 3 N–H and O–H groups in total. The van der Waals surface area contributed by atoms with E-state index in [4.69, 9.17) is 0 Å². The molecule has 0 bridgehead atoms. The minimum Gasteiger partial charge on any atom is -0.223 e. The monoisotopic (exact) mass is 986 g/mol. The standard InChI is InChI=1S/C63H86O5PS/c1-19-58(7,8)44-32-42-34-50(60(11,12)21-3)48(38-46(42)52(36-44)62(15,16)23-5)56-54(69(64,65)66)30-31-55(70(67,68)40-41-28-26-25-27-29-41)57(56)49-39-47-43(35-51(49)61(13,14)22-4)33-45(59(9,10)20-2)37-53(47)63(17,18)24-6/h25-39,64-66H,19-24,40H2,1-18H3/q+1. The molecule has 0 unspecified atom stereocenters. The van der Waals surface area contributed by atoms with E-state index in [1.807, 2.05) is 30.3 Å². The van der Waals surface area contributed by atoms with Crippen molar-refractivity contribution in [3.8, 4) is 22.3 Å². The lowest BCUT2D eigenvalue weighted by Crippen LogP contribution is -2.24. The molecule has 6 rings (SSSR count). The number of rotatable bonds is 18. The Morgan fingerprint density at radius 1 is 0.429 bits per heavy atom. The van der Waals surface area contributed by atoms with Crippen molar-refractivity contribution >= 4 is 44.6 Å². The van der Waals surface area contributed by atoms with Crippen LogP contribution in [0.2, 0.25) is 0 Å². The van der Waals surface area contributed by atoms with E-state index in [0.717, 1.165) is 71.2 Å². The second kappa shape index (κ2) is 19.5. The third-order valence-electron chi connectivity index (χ3n) is 17.5. The zero-order chi connectivity index (χ0) is 52.4. The molecule has 7 heteroatoms. The Morgan fingerprint density at radius 2 is 0.800 bits per heavy atom. The first kappa shape index (κ1) is 55.4. The molecule has 0 aliphatic carbocycles. The van der Waals surface area contributed by atoms with Crippen LogP contribution in [-0.4, -0.2) is 23.1 Å². The van der Waals surface area contributed by atoms with E-state index in [1.54, 1.807) is 0 Å². The molecule has 6 aromatic carbocycles. The molecule has 0 heterocycles. The molecule has 378 valence electrons.